The molecule has 0 saturated carbocycles. The van der Waals surface area contributed by atoms with Crippen LogP contribution in [-0.4, -0.2) is 9.97 Å². The number of aromatic nitrogens is 2. The minimum absolute atomic E-state index is 0.141. The molecule has 2 N–H and O–H groups in total. The minimum atomic E-state index is -0.141. The van der Waals surface area contributed by atoms with E-state index in [0.29, 0.717) is 12.4 Å². The maximum Gasteiger partial charge on any atom is 0.252 e. The molecule has 0 aliphatic rings. The highest BCUT2D eigenvalue weighted by Gasteiger charge is 1.99. The zero-order valence-electron chi connectivity index (χ0n) is 8.99. The van der Waals surface area contributed by atoms with Gasteiger partial charge in [-0.25, -0.2) is 4.98 Å². The summed E-state index contributed by atoms with van der Waals surface area (Å²) in [6.45, 7) is 2.85. The molecule has 16 heavy (non-hydrogen) atoms. The Labute approximate surface area is 97.4 Å². The molecule has 0 radical (unpaired) electrons. The summed E-state index contributed by atoms with van der Waals surface area (Å²) >= 11 is 1.78. The average Bonchev–Trinajstić information content (AvgIpc) is 2.74. The third-order valence-corrected chi connectivity index (χ3v) is 3.42. The Morgan fingerprint density at radius 1 is 1.44 bits per heavy atom. The van der Waals surface area contributed by atoms with Crippen LogP contribution in [0, 0.1) is 0 Å². The summed E-state index contributed by atoms with van der Waals surface area (Å²) in [5.74, 6) is 0.607. The maximum atomic E-state index is 11.0. The third-order valence-electron chi connectivity index (χ3n) is 2.19. The van der Waals surface area contributed by atoms with Gasteiger partial charge in [0.05, 0.1) is 12.9 Å². The molecule has 2 heterocycles. The highest BCUT2D eigenvalue weighted by molar-refractivity contribution is 7.12. The van der Waals surface area contributed by atoms with Gasteiger partial charge < -0.3 is 10.3 Å². The molecule has 0 spiro atoms. The molecular weight excluding hydrogens is 222 g/mol. The smallest absolute Gasteiger partial charge is 0.252 e. The second-order valence-electron chi connectivity index (χ2n) is 3.37. The Morgan fingerprint density at radius 3 is 2.94 bits per heavy atom. The first-order valence-corrected chi connectivity index (χ1v) is 5.96. The van der Waals surface area contributed by atoms with Gasteiger partial charge in [0.15, 0.2) is 0 Å². The summed E-state index contributed by atoms with van der Waals surface area (Å²) in [6, 6.07) is 5.69. The lowest BCUT2D eigenvalue weighted by atomic mass is 10.3. The number of nitrogens with one attached hydrogen (secondary N) is 2. The SMILES string of the molecule is CCc1ccc(CNc2cc(=O)[nH]cn2)s1. The van der Waals surface area contributed by atoms with E-state index in [1.807, 2.05) is 0 Å². The van der Waals surface area contributed by atoms with Gasteiger partial charge in [0, 0.05) is 15.8 Å². The first-order chi connectivity index (χ1) is 7.78. The van der Waals surface area contributed by atoms with E-state index in [9.17, 15) is 4.79 Å². The van der Waals surface area contributed by atoms with E-state index in [-0.39, 0.29) is 5.56 Å². The molecule has 0 fully saturated rings. The van der Waals surface area contributed by atoms with Crippen LogP contribution in [0.4, 0.5) is 5.82 Å². The summed E-state index contributed by atoms with van der Waals surface area (Å²) in [4.78, 5) is 20.1. The van der Waals surface area contributed by atoms with E-state index in [2.05, 4.69) is 34.3 Å². The summed E-state index contributed by atoms with van der Waals surface area (Å²) in [6.07, 6.45) is 2.46. The summed E-state index contributed by atoms with van der Waals surface area (Å²) in [7, 11) is 0. The number of hydrogen-bond acceptors (Lipinski definition) is 4. The molecule has 0 aliphatic carbocycles. The van der Waals surface area contributed by atoms with Crippen molar-refractivity contribution in [2.45, 2.75) is 19.9 Å². The zero-order chi connectivity index (χ0) is 11.4. The quantitative estimate of drug-likeness (QED) is 0.852. The molecule has 5 heteroatoms. The first-order valence-electron chi connectivity index (χ1n) is 5.14. The van der Waals surface area contributed by atoms with Crippen molar-refractivity contribution in [3.8, 4) is 0 Å². The summed E-state index contributed by atoms with van der Waals surface area (Å²) in [5.41, 5.74) is -0.141. The predicted molar refractivity (Wildman–Crippen MR) is 65.9 cm³/mol. The van der Waals surface area contributed by atoms with Crippen LogP contribution in [0.3, 0.4) is 0 Å². The standard InChI is InChI=1S/C11H13N3OS/c1-2-8-3-4-9(16-8)6-12-10-5-11(15)14-7-13-10/h3-5,7H,2,6H2,1H3,(H2,12,13,14,15). The van der Waals surface area contributed by atoms with Crippen LogP contribution in [0.1, 0.15) is 16.7 Å². The van der Waals surface area contributed by atoms with Crippen LogP contribution in [0.5, 0.6) is 0 Å². The van der Waals surface area contributed by atoms with Crippen molar-refractivity contribution in [2.24, 2.45) is 0 Å². The van der Waals surface area contributed by atoms with Gasteiger partial charge >= 0.3 is 0 Å². The van der Waals surface area contributed by atoms with Gasteiger partial charge in [-0.3, -0.25) is 4.79 Å². The Kier molecular flexibility index (Phi) is 3.36. The molecule has 0 bridgehead atoms. The molecular formula is C11H13N3OS. The van der Waals surface area contributed by atoms with Crippen molar-refractivity contribution in [2.75, 3.05) is 5.32 Å². The number of H-pyrrole nitrogens is 1. The normalized spacial score (nSPS) is 10.3. The molecule has 2 rings (SSSR count). The number of aromatic amines is 1. The van der Waals surface area contributed by atoms with Gasteiger partial charge in [0.2, 0.25) is 0 Å². The fraction of sp³-hybridized carbons (Fsp3) is 0.273. The maximum absolute atomic E-state index is 11.0. The van der Waals surface area contributed by atoms with Crippen LogP contribution < -0.4 is 10.9 Å². The molecule has 0 unspecified atom stereocenters. The molecule has 2 aromatic rings. The number of rotatable bonds is 4. The monoisotopic (exact) mass is 235 g/mol. The third kappa shape index (κ3) is 2.70. The number of anilines is 1. The molecule has 0 amide bonds. The molecule has 0 aliphatic heterocycles. The zero-order valence-corrected chi connectivity index (χ0v) is 9.80. The highest BCUT2D eigenvalue weighted by Crippen LogP contribution is 2.17. The van der Waals surface area contributed by atoms with Gasteiger partial charge in [-0.15, -0.1) is 11.3 Å². The van der Waals surface area contributed by atoms with E-state index in [0.717, 1.165) is 6.42 Å². The fourth-order valence-electron chi connectivity index (χ4n) is 1.35. The number of nitrogens with zero attached hydrogens (tertiary/aromatic N) is 1. The van der Waals surface area contributed by atoms with Gasteiger partial charge in [0.1, 0.15) is 5.82 Å². The fourth-order valence-corrected chi connectivity index (χ4v) is 2.25. The van der Waals surface area contributed by atoms with Crippen LogP contribution in [0.15, 0.2) is 29.3 Å². The predicted octanol–water partition coefficient (Wildman–Crippen LogP) is 2.01. The molecule has 0 aromatic carbocycles. The minimum Gasteiger partial charge on any atom is -0.365 e. The number of aryl methyl sites for hydroxylation is 1. The topological polar surface area (TPSA) is 57.8 Å². The van der Waals surface area contributed by atoms with Gasteiger partial charge in [-0.05, 0) is 18.6 Å². The van der Waals surface area contributed by atoms with E-state index in [4.69, 9.17) is 0 Å². The van der Waals surface area contributed by atoms with Crippen molar-refractivity contribution >= 4 is 17.2 Å². The lowest BCUT2D eigenvalue weighted by molar-refractivity contribution is 1.07. The molecule has 84 valence electrons. The van der Waals surface area contributed by atoms with Gasteiger partial charge in [-0.1, -0.05) is 6.92 Å². The van der Waals surface area contributed by atoms with Crippen LogP contribution in [-0.2, 0) is 13.0 Å². The number of thiophene rings is 1. The largest absolute Gasteiger partial charge is 0.365 e. The molecule has 0 saturated heterocycles. The average molecular weight is 235 g/mol. The Balaban J connectivity index is 1.99. The van der Waals surface area contributed by atoms with E-state index in [1.165, 1.54) is 22.1 Å². The van der Waals surface area contributed by atoms with Crippen molar-refractivity contribution in [3.63, 3.8) is 0 Å². The molecule has 2 aromatic heterocycles. The number of hydrogen-bond donors (Lipinski definition) is 2. The van der Waals surface area contributed by atoms with Crippen molar-refractivity contribution in [1.82, 2.24) is 9.97 Å². The van der Waals surface area contributed by atoms with Gasteiger partial charge in [-0.2, -0.15) is 0 Å². The Bertz CT molecular complexity index is 518. The molecule has 4 nitrogen and oxygen atoms in total. The first kappa shape index (κ1) is 10.9. The van der Waals surface area contributed by atoms with E-state index < -0.39 is 0 Å². The van der Waals surface area contributed by atoms with Crippen LogP contribution in [0.2, 0.25) is 0 Å². The van der Waals surface area contributed by atoms with Gasteiger partial charge in [0.25, 0.3) is 5.56 Å². The summed E-state index contributed by atoms with van der Waals surface area (Å²) < 4.78 is 0. The summed E-state index contributed by atoms with van der Waals surface area (Å²) in [5, 5.41) is 3.12. The van der Waals surface area contributed by atoms with E-state index >= 15 is 0 Å². The van der Waals surface area contributed by atoms with E-state index in [1.54, 1.807) is 11.3 Å². The Hall–Kier alpha value is -1.62. The van der Waals surface area contributed by atoms with Crippen LogP contribution in [0.25, 0.3) is 0 Å². The second-order valence-corrected chi connectivity index (χ2v) is 4.62. The Morgan fingerprint density at radius 2 is 2.25 bits per heavy atom. The van der Waals surface area contributed by atoms with Crippen molar-refractivity contribution in [1.29, 1.82) is 0 Å². The van der Waals surface area contributed by atoms with Crippen molar-refractivity contribution in [3.05, 3.63) is 44.6 Å². The van der Waals surface area contributed by atoms with Crippen molar-refractivity contribution < 1.29 is 0 Å². The highest BCUT2D eigenvalue weighted by atomic mass is 32.1. The second kappa shape index (κ2) is 4.94. The van der Waals surface area contributed by atoms with Crippen LogP contribution >= 0.6 is 11.3 Å². The lowest BCUT2D eigenvalue weighted by Gasteiger charge is -2.01. The molecule has 0 atom stereocenters. The lowest BCUT2D eigenvalue weighted by Crippen LogP contribution is -2.08.